The van der Waals surface area contributed by atoms with Crippen LogP contribution in [0.25, 0.3) is 4.85 Å². The third-order valence-corrected chi connectivity index (χ3v) is 3.05. The average molecular weight is 311 g/mol. The van der Waals surface area contributed by atoms with Gasteiger partial charge in [-0.25, -0.2) is 11.4 Å². The smallest absolute Gasteiger partial charge is 0.338 e. The van der Waals surface area contributed by atoms with Gasteiger partial charge < -0.3 is 19.4 Å². The lowest BCUT2D eigenvalue weighted by Gasteiger charge is -2.09. The molecule has 0 aliphatic heterocycles. The standard InChI is InChI=1S/C18H17NO4/c1-19-11-16(20)13-22-17-9-7-15(8-10-17)18(21)23-12-14-5-3-2-4-6-14/h2-10,16,20H,11-13H2/t16-/m1/s1. The molecule has 0 bridgehead atoms. The van der Waals surface area contributed by atoms with Crippen molar-refractivity contribution in [2.75, 3.05) is 13.2 Å². The zero-order valence-electron chi connectivity index (χ0n) is 12.5. The van der Waals surface area contributed by atoms with Crippen LogP contribution in [0.15, 0.2) is 54.6 Å². The number of benzene rings is 2. The molecule has 23 heavy (non-hydrogen) atoms. The van der Waals surface area contributed by atoms with Crippen molar-refractivity contribution in [2.45, 2.75) is 12.7 Å². The van der Waals surface area contributed by atoms with Crippen LogP contribution in [0.3, 0.4) is 0 Å². The summed E-state index contributed by atoms with van der Waals surface area (Å²) in [5.74, 6) is 0.113. The molecular weight excluding hydrogens is 294 g/mol. The van der Waals surface area contributed by atoms with Gasteiger partial charge in [0, 0.05) is 0 Å². The fraction of sp³-hybridized carbons (Fsp3) is 0.222. The summed E-state index contributed by atoms with van der Waals surface area (Å²) in [5.41, 5.74) is 1.35. The maximum Gasteiger partial charge on any atom is 0.338 e. The third-order valence-electron chi connectivity index (χ3n) is 3.05. The lowest BCUT2D eigenvalue weighted by molar-refractivity contribution is 0.0472. The molecule has 0 saturated heterocycles. The van der Waals surface area contributed by atoms with Crippen LogP contribution in [0.4, 0.5) is 0 Å². The molecule has 0 aliphatic carbocycles. The Morgan fingerprint density at radius 1 is 1.13 bits per heavy atom. The van der Waals surface area contributed by atoms with Gasteiger partial charge in [-0.1, -0.05) is 30.3 Å². The fourth-order valence-corrected chi connectivity index (χ4v) is 1.84. The van der Waals surface area contributed by atoms with E-state index in [1.54, 1.807) is 24.3 Å². The van der Waals surface area contributed by atoms with Crippen molar-refractivity contribution in [1.82, 2.24) is 0 Å². The second-order valence-electron chi connectivity index (χ2n) is 4.89. The summed E-state index contributed by atoms with van der Waals surface area (Å²) in [6.07, 6.45) is -0.817. The zero-order valence-corrected chi connectivity index (χ0v) is 12.5. The Balaban J connectivity index is 1.84. The lowest BCUT2D eigenvalue weighted by atomic mass is 10.2. The van der Waals surface area contributed by atoms with Crippen LogP contribution < -0.4 is 4.74 Å². The van der Waals surface area contributed by atoms with E-state index in [0.29, 0.717) is 11.3 Å². The maximum absolute atomic E-state index is 11.9. The Bertz CT molecular complexity index is 662. The van der Waals surface area contributed by atoms with Crippen LogP contribution in [0.1, 0.15) is 15.9 Å². The number of carbonyl (C=O) groups excluding carboxylic acids is 1. The van der Waals surface area contributed by atoms with Gasteiger partial charge in [-0.2, -0.15) is 0 Å². The summed E-state index contributed by atoms with van der Waals surface area (Å²) in [6.45, 7) is 6.92. The summed E-state index contributed by atoms with van der Waals surface area (Å²) in [6, 6.07) is 15.9. The van der Waals surface area contributed by atoms with Crippen molar-refractivity contribution in [3.8, 4) is 5.75 Å². The number of esters is 1. The highest BCUT2D eigenvalue weighted by Crippen LogP contribution is 2.14. The topological polar surface area (TPSA) is 60.1 Å². The molecule has 0 fully saturated rings. The molecule has 0 saturated carbocycles. The van der Waals surface area contributed by atoms with Gasteiger partial charge in [0.15, 0.2) is 6.10 Å². The van der Waals surface area contributed by atoms with Crippen molar-refractivity contribution in [2.24, 2.45) is 0 Å². The molecule has 0 radical (unpaired) electrons. The number of hydrogen-bond acceptors (Lipinski definition) is 4. The number of rotatable bonds is 7. The first-order valence-corrected chi connectivity index (χ1v) is 7.14. The molecule has 2 aromatic carbocycles. The Kier molecular flexibility index (Phi) is 6.16. The van der Waals surface area contributed by atoms with Gasteiger partial charge in [0.1, 0.15) is 19.0 Å². The van der Waals surface area contributed by atoms with E-state index in [1.807, 2.05) is 30.3 Å². The van der Waals surface area contributed by atoms with Crippen LogP contribution in [0.5, 0.6) is 5.75 Å². The predicted octanol–water partition coefficient (Wildman–Crippen LogP) is 2.70. The summed E-state index contributed by atoms with van der Waals surface area (Å²) in [7, 11) is 0. The Hall–Kier alpha value is -2.84. The lowest BCUT2D eigenvalue weighted by Crippen LogP contribution is -2.19. The Morgan fingerprint density at radius 2 is 1.83 bits per heavy atom. The van der Waals surface area contributed by atoms with Gasteiger partial charge in [-0.15, -0.1) is 0 Å². The number of hydrogen-bond donors (Lipinski definition) is 1. The van der Waals surface area contributed by atoms with E-state index in [4.69, 9.17) is 16.0 Å². The van der Waals surface area contributed by atoms with Crippen LogP contribution in [-0.2, 0) is 11.3 Å². The molecule has 5 heteroatoms. The summed E-state index contributed by atoms with van der Waals surface area (Å²) in [5, 5.41) is 9.42. The number of carbonyl (C=O) groups is 1. The van der Waals surface area contributed by atoms with Crippen LogP contribution in [0.2, 0.25) is 0 Å². The molecule has 2 aromatic rings. The highest BCUT2D eigenvalue weighted by molar-refractivity contribution is 5.89. The van der Waals surface area contributed by atoms with Crippen molar-refractivity contribution in [3.63, 3.8) is 0 Å². The van der Waals surface area contributed by atoms with Crippen molar-refractivity contribution in [3.05, 3.63) is 77.1 Å². The van der Waals surface area contributed by atoms with Crippen molar-refractivity contribution in [1.29, 1.82) is 0 Å². The summed E-state index contributed by atoms with van der Waals surface area (Å²) >= 11 is 0. The summed E-state index contributed by atoms with van der Waals surface area (Å²) in [4.78, 5) is 15.0. The number of ether oxygens (including phenoxy) is 2. The predicted molar refractivity (Wildman–Crippen MR) is 85.0 cm³/mol. The van der Waals surface area contributed by atoms with Crippen LogP contribution in [-0.4, -0.2) is 30.3 Å². The molecule has 2 rings (SSSR count). The van der Waals surface area contributed by atoms with Gasteiger partial charge in [0.25, 0.3) is 0 Å². The molecular formula is C18H17NO4. The Labute approximate surface area is 134 Å². The maximum atomic E-state index is 11.9. The largest absolute Gasteiger partial charge is 0.491 e. The second kappa shape index (κ2) is 8.57. The molecule has 5 nitrogen and oxygen atoms in total. The first-order valence-electron chi connectivity index (χ1n) is 7.14. The molecule has 0 unspecified atom stereocenters. The Morgan fingerprint density at radius 3 is 2.48 bits per heavy atom. The first kappa shape index (κ1) is 16.5. The monoisotopic (exact) mass is 311 g/mol. The van der Waals surface area contributed by atoms with Gasteiger partial charge >= 0.3 is 5.97 Å². The number of aliphatic hydroxyl groups excluding tert-OH is 1. The molecule has 0 aliphatic rings. The number of aliphatic hydroxyl groups is 1. The molecule has 0 spiro atoms. The average Bonchev–Trinajstić information content (AvgIpc) is 2.59. The van der Waals surface area contributed by atoms with Gasteiger partial charge in [-0.05, 0) is 29.8 Å². The van der Waals surface area contributed by atoms with Crippen molar-refractivity contribution >= 4 is 5.97 Å². The third kappa shape index (κ3) is 5.46. The van der Waals surface area contributed by atoms with Gasteiger partial charge in [0.05, 0.1) is 5.56 Å². The molecule has 1 N–H and O–H groups in total. The first-order chi connectivity index (χ1) is 11.2. The fourth-order valence-electron chi connectivity index (χ4n) is 1.84. The quantitative estimate of drug-likeness (QED) is 0.631. The van der Waals surface area contributed by atoms with E-state index in [2.05, 4.69) is 4.85 Å². The molecule has 0 aromatic heterocycles. The minimum atomic E-state index is -0.817. The van der Waals surface area contributed by atoms with Gasteiger partial charge in [-0.3, -0.25) is 0 Å². The van der Waals surface area contributed by atoms with E-state index in [1.165, 1.54) is 0 Å². The minimum absolute atomic E-state index is 0.00386. The summed E-state index contributed by atoms with van der Waals surface area (Å²) < 4.78 is 10.6. The van der Waals surface area contributed by atoms with Crippen molar-refractivity contribution < 1.29 is 19.4 Å². The normalized spacial score (nSPS) is 11.3. The highest BCUT2D eigenvalue weighted by atomic mass is 16.5. The van der Waals surface area contributed by atoms with E-state index < -0.39 is 12.1 Å². The minimum Gasteiger partial charge on any atom is -0.491 e. The SMILES string of the molecule is [C-]#[N+]C[C@@H](O)COc1ccc(C(=O)OCc2ccccc2)cc1. The van der Waals surface area contributed by atoms with Gasteiger partial charge in [0.2, 0.25) is 6.54 Å². The molecule has 1 atom stereocenters. The van der Waals surface area contributed by atoms with E-state index in [0.717, 1.165) is 5.56 Å². The molecule has 0 amide bonds. The van der Waals surface area contributed by atoms with Crippen LogP contribution >= 0.6 is 0 Å². The van der Waals surface area contributed by atoms with Crippen LogP contribution in [0, 0.1) is 6.57 Å². The van der Waals surface area contributed by atoms with E-state index in [-0.39, 0.29) is 19.8 Å². The zero-order chi connectivity index (χ0) is 16.5. The second-order valence-corrected chi connectivity index (χ2v) is 4.89. The molecule has 118 valence electrons. The highest BCUT2D eigenvalue weighted by Gasteiger charge is 2.10. The molecule has 0 heterocycles. The van der Waals surface area contributed by atoms with E-state index in [9.17, 15) is 9.90 Å². The number of nitrogens with zero attached hydrogens (tertiary/aromatic N) is 1. The van der Waals surface area contributed by atoms with E-state index >= 15 is 0 Å².